The number of rotatable bonds is 8. The number of hydrogen-bond donors (Lipinski definition) is 4. The molecule has 2 aromatic rings. The number of hydrogen-bond acceptors (Lipinski definition) is 11. The second kappa shape index (κ2) is 31.3. The summed E-state index contributed by atoms with van der Waals surface area (Å²) in [5.41, 5.74) is -0.699. The lowest BCUT2D eigenvalue weighted by Crippen LogP contribution is -2.64. The Hall–Kier alpha value is -7.31. The Morgan fingerprint density at radius 3 is 1.84 bits per heavy atom. The highest BCUT2D eigenvalue weighted by Crippen LogP contribution is 2.38. The summed E-state index contributed by atoms with van der Waals surface area (Å²) in [7, 11) is 8.41. The van der Waals surface area contributed by atoms with Gasteiger partial charge >= 0.3 is 6.18 Å². The molecule has 2 aliphatic heterocycles. The van der Waals surface area contributed by atoms with Crippen molar-refractivity contribution in [1.82, 2.24) is 55.6 Å². The third-order valence-corrected chi connectivity index (χ3v) is 19.5. The number of benzene rings is 2. The molecule has 11 amide bonds. The first-order valence-corrected chi connectivity index (χ1v) is 32.1. The highest BCUT2D eigenvalue weighted by Gasteiger charge is 2.50. The third-order valence-electron chi connectivity index (χ3n) is 19.1. The van der Waals surface area contributed by atoms with E-state index in [0.29, 0.717) is 49.7 Å². The van der Waals surface area contributed by atoms with Crippen molar-refractivity contribution in [2.75, 3.05) is 61.9 Å². The minimum absolute atomic E-state index is 0.0475. The van der Waals surface area contributed by atoms with E-state index in [1.807, 2.05) is 26.0 Å². The zero-order valence-corrected chi connectivity index (χ0v) is 55.4. The summed E-state index contributed by atoms with van der Waals surface area (Å²) in [5, 5.41) is 11.0. The lowest BCUT2D eigenvalue weighted by Gasteiger charge is -2.40. The van der Waals surface area contributed by atoms with Crippen LogP contribution >= 0.6 is 11.6 Å². The van der Waals surface area contributed by atoms with Gasteiger partial charge in [-0.15, -0.1) is 0 Å². The Bertz CT molecular complexity index is 3010. The molecule has 502 valence electrons. The molecule has 0 bridgehead atoms. The molecule has 6 rings (SSSR count). The van der Waals surface area contributed by atoms with E-state index in [2.05, 4.69) is 21.3 Å². The van der Waals surface area contributed by atoms with Crippen LogP contribution in [0.1, 0.15) is 140 Å². The molecule has 2 heterocycles. The Balaban J connectivity index is 1.38. The van der Waals surface area contributed by atoms with Gasteiger partial charge in [0.15, 0.2) is 0 Å². The molecule has 2 aromatic carbocycles. The largest absolute Gasteiger partial charge is 0.417 e. The van der Waals surface area contributed by atoms with Gasteiger partial charge in [-0.3, -0.25) is 52.7 Å². The average molecular weight is 1300 g/mol. The van der Waals surface area contributed by atoms with Crippen LogP contribution in [-0.2, 0) is 71.8 Å². The minimum atomic E-state index is -4.75. The molecule has 26 heteroatoms. The zero-order chi connectivity index (χ0) is 67.6. The van der Waals surface area contributed by atoms with Gasteiger partial charge in [-0.25, -0.2) is 0 Å². The summed E-state index contributed by atoms with van der Waals surface area (Å²) in [6, 6.07) is 1.10. The van der Waals surface area contributed by atoms with Crippen LogP contribution in [0.4, 0.5) is 13.2 Å². The first-order valence-electron chi connectivity index (χ1n) is 31.7. The predicted octanol–water partition coefficient (Wildman–Crippen LogP) is 4.64. The van der Waals surface area contributed by atoms with E-state index in [4.69, 9.17) is 11.6 Å². The monoisotopic (exact) mass is 1300 g/mol. The number of likely N-dealkylation sites (N-methyl/N-ethyl adjacent to an activating group) is 6. The number of carbonyl (C=O) groups excluding carboxylic acids is 11. The van der Waals surface area contributed by atoms with Crippen LogP contribution in [0.5, 0.6) is 0 Å². The summed E-state index contributed by atoms with van der Waals surface area (Å²) < 4.78 is 41.4. The Morgan fingerprint density at radius 2 is 1.23 bits per heavy atom. The number of aryl methyl sites for hydroxylation is 2. The lowest BCUT2D eigenvalue weighted by atomic mass is 9.90. The van der Waals surface area contributed by atoms with Gasteiger partial charge in [-0.2, -0.15) is 13.2 Å². The quantitative estimate of drug-likeness (QED) is 0.283. The summed E-state index contributed by atoms with van der Waals surface area (Å²) in [5.74, 6) is -7.77. The van der Waals surface area contributed by atoms with E-state index in [1.165, 1.54) is 76.9 Å². The fourth-order valence-corrected chi connectivity index (χ4v) is 13.0. The van der Waals surface area contributed by atoms with Crippen molar-refractivity contribution in [3.8, 4) is 0 Å². The van der Waals surface area contributed by atoms with Crippen molar-refractivity contribution < 1.29 is 65.9 Å². The second-order valence-corrected chi connectivity index (χ2v) is 26.1. The molecule has 9 atom stereocenters. The van der Waals surface area contributed by atoms with Gasteiger partial charge < -0.3 is 55.6 Å². The molecular formula is C65H93ClF3N11O11. The summed E-state index contributed by atoms with van der Waals surface area (Å²) in [4.78, 5) is 168. The van der Waals surface area contributed by atoms with Crippen molar-refractivity contribution in [2.24, 2.45) is 11.8 Å². The van der Waals surface area contributed by atoms with Crippen LogP contribution in [-0.4, -0.2) is 215 Å². The minimum Gasteiger partial charge on any atom is -0.351 e. The van der Waals surface area contributed by atoms with Crippen molar-refractivity contribution >= 4 is 76.6 Å². The summed E-state index contributed by atoms with van der Waals surface area (Å²) in [6.07, 6.45) is 0.00980. The Labute approximate surface area is 537 Å². The van der Waals surface area contributed by atoms with Crippen molar-refractivity contribution in [2.45, 2.75) is 198 Å². The normalized spacial score (nSPS) is 26.7. The molecule has 1 unspecified atom stereocenters. The first kappa shape index (κ1) is 72.7. The third kappa shape index (κ3) is 17.8. The van der Waals surface area contributed by atoms with Crippen LogP contribution in [0.15, 0.2) is 42.5 Å². The maximum absolute atomic E-state index is 15.2. The average Bonchev–Trinajstić information content (AvgIpc) is 1.80. The fraction of sp³-hybridized carbons (Fsp3) is 0.646. The van der Waals surface area contributed by atoms with Gasteiger partial charge in [-0.1, -0.05) is 93.4 Å². The Morgan fingerprint density at radius 1 is 0.637 bits per heavy atom. The molecule has 2 aliphatic carbocycles. The van der Waals surface area contributed by atoms with Crippen LogP contribution in [0.2, 0.25) is 5.02 Å². The number of carbonyl (C=O) groups is 11. The van der Waals surface area contributed by atoms with Crippen molar-refractivity contribution in [3.05, 3.63) is 69.7 Å². The van der Waals surface area contributed by atoms with E-state index in [9.17, 15) is 56.3 Å². The standard InChI is InChI=1S/C65H93ClF3N11O11/c1-13-39(3)54-62(90)75(8)36-52(82)74(7)37-53(83)78(11)50(35-44-24-22-38(2)23-25-44)61(89)77(10)42(6)56(84)71-48(29-27-43-26-28-46(47(66)34-43)65(67,68)69)60(88)80-32-18-21-49(80)58(86)73-64(30-16-17-31-64)63(91)79(12)55(45-19-14-15-20-45)59(87)70-40(4)33-51(81)76(9)41(5)57(85)72-54/h22-26,28,34,39-42,45,48-50,54-55H,13-21,27,29-33,35-37H2,1-12H3,(H,70,87)(H,71,84)(H,72,85)(H,73,86)/t39?,40-,41+,42-,48+,49+,50+,54+,55+/m1/s1. The molecule has 4 N–H and O–H groups in total. The first-order chi connectivity index (χ1) is 42.7. The van der Waals surface area contributed by atoms with E-state index in [0.717, 1.165) is 50.1 Å². The summed E-state index contributed by atoms with van der Waals surface area (Å²) in [6.45, 7) is 8.96. The Kier molecular flexibility index (Phi) is 25.1. The molecule has 4 fully saturated rings. The molecule has 0 aromatic heterocycles. The van der Waals surface area contributed by atoms with Gasteiger partial charge in [0, 0.05) is 67.7 Å². The number of halogens is 4. The smallest absolute Gasteiger partial charge is 0.351 e. The maximum atomic E-state index is 15.2. The van der Waals surface area contributed by atoms with E-state index in [1.54, 1.807) is 26.0 Å². The highest BCUT2D eigenvalue weighted by molar-refractivity contribution is 6.31. The lowest BCUT2D eigenvalue weighted by molar-refractivity contribution is -0.150. The van der Waals surface area contributed by atoms with Crippen LogP contribution in [0.3, 0.4) is 0 Å². The number of nitrogens with zero attached hydrogens (tertiary/aromatic N) is 7. The molecule has 2 saturated heterocycles. The van der Waals surface area contributed by atoms with Gasteiger partial charge in [-0.05, 0) is 114 Å². The number of nitrogens with one attached hydrogen (secondary N) is 4. The van der Waals surface area contributed by atoms with Gasteiger partial charge in [0.1, 0.15) is 47.8 Å². The fourth-order valence-electron chi connectivity index (χ4n) is 12.7. The molecule has 91 heavy (non-hydrogen) atoms. The van der Waals surface area contributed by atoms with Crippen molar-refractivity contribution in [1.29, 1.82) is 0 Å². The maximum Gasteiger partial charge on any atom is 0.417 e. The van der Waals surface area contributed by atoms with Gasteiger partial charge in [0.2, 0.25) is 65.0 Å². The number of amides is 11. The van der Waals surface area contributed by atoms with Crippen molar-refractivity contribution in [3.63, 3.8) is 0 Å². The molecule has 2 saturated carbocycles. The number of fused-ring (bicyclic) bond motifs is 1. The number of alkyl halides is 3. The van der Waals surface area contributed by atoms with E-state index < -0.39 is 155 Å². The zero-order valence-electron chi connectivity index (χ0n) is 54.7. The van der Waals surface area contributed by atoms with Crippen LogP contribution in [0.25, 0.3) is 0 Å². The topological polar surface area (TPSA) is 259 Å². The molecule has 4 aliphatic rings. The van der Waals surface area contributed by atoms with E-state index >= 15 is 9.59 Å². The molecule has 1 spiro atoms. The molecule has 0 radical (unpaired) electrons. The highest BCUT2D eigenvalue weighted by atomic mass is 35.5. The summed E-state index contributed by atoms with van der Waals surface area (Å²) >= 11 is 6.13. The second-order valence-electron chi connectivity index (χ2n) is 25.7. The predicted molar refractivity (Wildman–Crippen MR) is 334 cm³/mol. The molecule has 22 nitrogen and oxygen atoms in total. The van der Waals surface area contributed by atoms with Crippen LogP contribution < -0.4 is 21.3 Å². The van der Waals surface area contributed by atoms with Gasteiger partial charge in [0.25, 0.3) is 0 Å². The van der Waals surface area contributed by atoms with Gasteiger partial charge in [0.05, 0.1) is 23.7 Å². The SMILES string of the molecule is CCC(C)[C@@H]1NC(=O)[C@H](C)N(C)C(=O)C[C@@H](C)NC(=O)[C@H](C2CCCC2)N(C)C(=O)C2(CCCC2)NC(=O)[C@@H]2CCCN2C(=O)[C@H](CCc2ccc(C(F)(F)F)c(Cl)c2)NC(=O)[C@@H](C)N(C)C(=O)[C@H](Cc2ccc(C)cc2)N(C)C(=O)CN(C)C(=O)CN(C)C1=O. The molecular weight excluding hydrogens is 1200 g/mol. The van der Waals surface area contributed by atoms with E-state index in [-0.39, 0.29) is 57.4 Å². The van der Waals surface area contributed by atoms with Crippen LogP contribution in [0, 0.1) is 18.8 Å².